The molecule has 9 heteroatoms. The van der Waals surface area contributed by atoms with Crippen molar-refractivity contribution in [1.82, 2.24) is 4.98 Å². The van der Waals surface area contributed by atoms with Crippen LogP contribution in [0.15, 0.2) is 6.20 Å². The van der Waals surface area contributed by atoms with E-state index in [9.17, 15) is 18.0 Å². The standard InChI is InChI=1S/C11H10BrF3INO3/c1-2-19-8(18)3-7-6(4-12)5-17-10(16)9(7)20-11(13,14)15/h5H,2-4H2,1H3. The van der Waals surface area contributed by atoms with E-state index in [0.717, 1.165) is 0 Å². The fourth-order valence-corrected chi connectivity index (χ4v) is 2.48. The minimum Gasteiger partial charge on any atom is -0.466 e. The molecule has 0 aliphatic heterocycles. The monoisotopic (exact) mass is 467 g/mol. The number of nitrogens with zero attached hydrogens (tertiary/aromatic N) is 1. The molecule has 0 saturated heterocycles. The number of halogens is 5. The highest BCUT2D eigenvalue weighted by molar-refractivity contribution is 14.1. The van der Waals surface area contributed by atoms with Gasteiger partial charge in [-0.2, -0.15) is 0 Å². The number of hydrogen-bond donors (Lipinski definition) is 0. The molecule has 1 heterocycles. The molecular formula is C11H10BrF3INO3. The molecule has 0 aliphatic rings. The highest BCUT2D eigenvalue weighted by Gasteiger charge is 2.34. The largest absolute Gasteiger partial charge is 0.573 e. The molecule has 0 N–H and O–H groups in total. The van der Waals surface area contributed by atoms with E-state index in [2.05, 4.69) is 25.7 Å². The SMILES string of the molecule is CCOC(=O)Cc1c(CBr)cnc(I)c1OC(F)(F)F. The Balaban J connectivity index is 3.21. The van der Waals surface area contributed by atoms with E-state index in [1.807, 2.05) is 0 Å². The van der Waals surface area contributed by atoms with Gasteiger partial charge in [0.25, 0.3) is 0 Å². The fraction of sp³-hybridized carbons (Fsp3) is 0.455. The average molecular weight is 468 g/mol. The maximum atomic E-state index is 12.4. The Morgan fingerprint density at radius 1 is 1.50 bits per heavy atom. The Labute approximate surface area is 135 Å². The van der Waals surface area contributed by atoms with Crippen molar-refractivity contribution in [3.63, 3.8) is 0 Å². The minimum atomic E-state index is -4.85. The van der Waals surface area contributed by atoms with Crippen molar-refractivity contribution in [2.75, 3.05) is 6.61 Å². The van der Waals surface area contributed by atoms with Crippen LogP contribution in [0.1, 0.15) is 18.1 Å². The second-order valence-electron chi connectivity index (χ2n) is 3.55. The van der Waals surface area contributed by atoms with Crippen molar-refractivity contribution in [1.29, 1.82) is 0 Å². The lowest BCUT2D eigenvalue weighted by Crippen LogP contribution is -2.21. The molecule has 0 fully saturated rings. The third-order valence-corrected chi connectivity index (χ3v) is 3.54. The van der Waals surface area contributed by atoms with Crippen LogP contribution in [0.4, 0.5) is 13.2 Å². The summed E-state index contributed by atoms with van der Waals surface area (Å²) in [5.74, 6) is -1.08. The van der Waals surface area contributed by atoms with Crippen LogP contribution in [0.25, 0.3) is 0 Å². The van der Waals surface area contributed by atoms with Crippen LogP contribution >= 0.6 is 38.5 Å². The Morgan fingerprint density at radius 2 is 2.15 bits per heavy atom. The lowest BCUT2D eigenvalue weighted by Gasteiger charge is -2.16. The predicted octanol–water partition coefficient (Wildman–Crippen LogP) is 3.59. The second-order valence-corrected chi connectivity index (χ2v) is 5.13. The lowest BCUT2D eigenvalue weighted by molar-refractivity contribution is -0.275. The smallest absolute Gasteiger partial charge is 0.466 e. The van der Waals surface area contributed by atoms with Crippen molar-refractivity contribution in [3.8, 4) is 5.75 Å². The summed E-state index contributed by atoms with van der Waals surface area (Å²) in [6, 6.07) is 0. The summed E-state index contributed by atoms with van der Waals surface area (Å²) >= 11 is 4.77. The number of pyridine rings is 1. The Morgan fingerprint density at radius 3 is 2.65 bits per heavy atom. The van der Waals surface area contributed by atoms with Crippen molar-refractivity contribution < 1.29 is 27.4 Å². The van der Waals surface area contributed by atoms with Crippen LogP contribution in [0.5, 0.6) is 5.75 Å². The summed E-state index contributed by atoms with van der Waals surface area (Å²) in [5, 5.41) is 0.250. The molecule has 0 spiro atoms. The molecule has 0 atom stereocenters. The van der Waals surface area contributed by atoms with E-state index in [-0.39, 0.29) is 27.6 Å². The summed E-state index contributed by atoms with van der Waals surface area (Å²) in [6.07, 6.45) is -3.76. The average Bonchev–Trinajstić information content (AvgIpc) is 2.33. The zero-order valence-corrected chi connectivity index (χ0v) is 14.0. The highest BCUT2D eigenvalue weighted by Crippen LogP contribution is 2.33. The van der Waals surface area contributed by atoms with Gasteiger partial charge in [-0.15, -0.1) is 13.2 Å². The zero-order valence-electron chi connectivity index (χ0n) is 10.3. The van der Waals surface area contributed by atoms with Gasteiger partial charge >= 0.3 is 12.3 Å². The summed E-state index contributed by atoms with van der Waals surface area (Å²) in [6.45, 7) is 1.77. The topological polar surface area (TPSA) is 48.4 Å². The van der Waals surface area contributed by atoms with E-state index in [4.69, 9.17) is 4.74 Å². The van der Waals surface area contributed by atoms with Gasteiger partial charge in [0, 0.05) is 17.1 Å². The first-order chi connectivity index (χ1) is 9.28. The molecule has 0 bridgehead atoms. The van der Waals surface area contributed by atoms with Crippen LogP contribution in [0.2, 0.25) is 0 Å². The Hall–Kier alpha value is -0.580. The van der Waals surface area contributed by atoms with Gasteiger partial charge < -0.3 is 9.47 Å². The molecule has 0 radical (unpaired) electrons. The third-order valence-electron chi connectivity index (χ3n) is 2.17. The number of carbonyl (C=O) groups is 1. The Bertz CT molecular complexity index is 497. The Kier molecular flexibility index (Phi) is 6.49. The maximum absolute atomic E-state index is 12.4. The van der Waals surface area contributed by atoms with E-state index in [0.29, 0.717) is 5.56 Å². The van der Waals surface area contributed by atoms with Crippen LogP contribution in [0, 0.1) is 3.70 Å². The zero-order chi connectivity index (χ0) is 15.3. The highest BCUT2D eigenvalue weighted by atomic mass is 127. The van der Waals surface area contributed by atoms with Gasteiger partial charge in [-0.1, -0.05) is 15.9 Å². The number of alkyl halides is 4. The molecule has 0 aliphatic carbocycles. The molecule has 0 saturated carbocycles. The summed E-state index contributed by atoms with van der Waals surface area (Å²) in [4.78, 5) is 15.3. The minimum absolute atomic E-state index is 0.0314. The van der Waals surface area contributed by atoms with Crippen LogP contribution in [-0.4, -0.2) is 23.9 Å². The molecule has 20 heavy (non-hydrogen) atoms. The molecule has 0 unspecified atom stereocenters. The van der Waals surface area contributed by atoms with Crippen LogP contribution in [-0.2, 0) is 21.3 Å². The van der Waals surface area contributed by atoms with Crippen molar-refractivity contribution in [2.45, 2.75) is 25.0 Å². The van der Waals surface area contributed by atoms with Gasteiger partial charge in [-0.05, 0) is 35.1 Å². The van der Waals surface area contributed by atoms with Gasteiger partial charge in [-0.25, -0.2) is 4.98 Å². The summed E-state index contributed by atoms with van der Waals surface area (Å²) < 4.78 is 46.1. The quantitative estimate of drug-likeness (QED) is 0.287. The molecule has 4 nitrogen and oxygen atoms in total. The van der Waals surface area contributed by atoms with Crippen molar-refractivity contribution in [2.24, 2.45) is 0 Å². The molecule has 112 valence electrons. The maximum Gasteiger partial charge on any atom is 0.573 e. The predicted molar refractivity (Wildman–Crippen MR) is 76.6 cm³/mol. The van der Waals surface area contributed by atoms with Gasteiger partial charge in [0.05, 0.1) is 13.0 Å². The second kappa shape index (κ2) is 7.43. The summed E-state index contributed by atoms with van der Waals surface area (Å²) in [7, 11) is 0. The van der Waals surface area contributed by atoms with E-state index >= 15 is 0 Å². The third kappa shape index (κ3) is 5.08. The summed E-state index contributed by atoms with van der Waals surface area (Å²) in [5.41, 5.74) is 0.565. The van der Waals surface area contributed by atoms with E-state index < -0.39 is 18.1 Å². The van der Waals surface area contributed by atoms with E-state index in [1.54, 1.807) is 29.5 Å². The van der Waals surface area contributed by atoms with Gasteiger partial charge in [0.2, 0.25) is 0 Å². The van der Waals surface area contributed by atoms with Crippen LogP contribution in [0.3, 0.4) is 0 Å². The first kappa shape index (κ1) is 17.5. The first-order valence-electron chi connectivity index (χ1n) is 5.42. The van der Waals surface area contributed by atoms with Gasteiger partial charge in [-0.3, -0.25) is 4.79 Å². The number of carbonyl (C=O) groups excluding carboxylic acids is 1. The fourth-order valence-electron chi connectivity index (χ4n) is 1.43. The molecule has 1 aromatic rings. The number of hydrogen-bond acceptors (Lipinski definition) is 4. The molecule has 0 amide bonds. The van der Waals surface area contributed by atoms with Crippen molar-refractivity contribution in [3.05, 3.63) is 21.0 Å². The van der Waals surface area contributed by atoms with Gasteiger partial charge in [0.1, 0.15) is 3.70 Å². The normalized spacial score (nSPS) is 11.3. The van der Waals surface area contributed by atoms with E-state index in [1.165, 1.54) is 6.20 Å². The number of esters is 1. The molecule has 1 aromatic heterocycles. The lowest BCUT2D eigenvalue weighted by atomic mass is 10.1. The molecular weight excluding hydrogens is 458 g/mol. The molecule has 1 rings (SSSR count). The van der Waals surface area contributed by atoms with Crippen LogP contribution < -0.4 is 4.74 Å². The number of rotatable bonds is 5. The van der Waals surface area contributed by atoms with Crippen molar-refractivity contribution >= 4 is 44.5 Å². The number of ether oxygens (including phenoxy) is 2. The number of aromatic nitrogens is 1. The van der Waals surface area contributed by atoms with Gasteiger partial charge in [0.15, 0.2) is 5.75 Å². The molecule has 0 aromatic carbocycles. The first-order valence-corrected chi connectivity index (χ1v) is 7.62.